The molecule has 0 bridgehead atoms. The highest BCUT2D eigenvalue weighted by atomic mass is 19.1. The quantitative estimate of drug-likeness (QED) is 0.468. The molecule has 0 aliphatic carbocycles. The molecule has 1 amide bonds. The number of hydrogen-bond acceptors (Lipinski definition) is 5. The largest absolute Gasteiger partial charge is 0.481 e. The Morgan fingerprint density at radius 1 is 1.16 bits per heavy atom. The maximum Gasteiger partial charge on any atom is 0.305 e. The van der Waals surface area contributed by atoms with Crippen LogP contribution in [0.5, 0.6) is 5.88 Å². The number of methoxy groups -OCH3 is 1. The van der Waals surface area contributed by atoms with Gasteiger partial charge in [0, 0.05) is 13.2 Å². The van der Waals surface area contributed by atoms with Gasteiger partial charge in [-0.15, -0.1) is 0 Å². The van der Waals surface area contributed by atoms with Crippen molar-refractivity contribution in [3.8, 4) is 11.6 Å². The van der Waals surface area contributed by atoms with Gasteiger partial charge in [-0.1, -0.05) is 36.4 Å². The lowest BCUT2D eigenvalue weighted by molar-refractivity contribution is -0.137. The van der Waals surface area contributed by atoms with Crippen LogP contribution in [0.25, 0.3) is 5.69 Å². The number of nitrogens with one attached hydrogen (secondary N) is 1. The summed E-state index contributed by atoms with van der Waals surface area (Å²) in [5.41, 5.74) is 1.61. The van der Waals surface area contributed by atoms with Crippen LogP contribution in [0, 0.1) is 12.7 Å². The number of benzene rings is 2. The Bertz CT molecular complexity index is 1100. The van der Waals surface area contributed by atoms with E-state index in [-0.39, 0.29) is 36.9 Å². The van der Waals surface area contributed by atoms with Crippen LogP contribution in [-0.2, 0) is 9.53 Å². The highest BCUT2D eigenvalue weighted by Gasteiger charge is 2.24. The van der Waals surface area contributed by atoms with Crippen LogP contribution in [0.3, 0.4) is 0 Å². The zero-order chi connectivity index (χ0) is 23.1. The number of halogens is 1. The van der Waals surface area contributed by atoms with E-state index < -0.39 is 23.7 Å². The third kappa shape index (κ3) is 5.50. The third-order valence-electron chi connectivity index (χ3n) is 4.78. The Labute approximate surface area is 184 Å². The van der Waals surface area contributed by atoms with E-state index in [0.717, 1.165) is 5.56 Å². The van der Waals surface area contributed by atoms with Gasteiger partial charge in [-0.25, -0.2) is 4.39 Å². The van der Waals surface area contributed by atoms with Gasteiger partial charge in [0.15, 0.2) is 5.69 Å². The molecule has 3 rings (SSSR count). The van der Waals surface area contributed by atoms with Gasteiger partial charge in [0.2, 0.25) is 5.88 Å². The van der Waals surface area contributed by atoms with Gasteiger partial charge in [-0.2, -0.15) is 9.78 Å². The molecule has 0 spiro atoms. The van der Waals surface area contributed by atoms with Crippen molar-refractivity contribution in [3.05, 3.63) is 77.2 Å². The van der Waals surface area contributed by atoms with Crippen LogP contribution in [0.1, 0.15) is 34.1 Å². The van der Waals surface area contributed by atoms with Crippen LogP contribution < -0.4 is 10.1 Å². The highest BCUT2D eigenvalue weighted by molar-refractivity contribution is 5.93. The van der Waals surface area contributed by atoms with E-state index in [1.54, 1.807) is 24.3 Å². The van der Waals surface area contributed by atoms with Crippen molar-refractivity contribution < 1.29 is 28.6 Å². The number of rotatable bonds is 10. The van der Waals surface area contributed by atoms with E-state index >= 15 is 0 Å². The number of carbonyl (C=O) groups excluding carboxylic acids is 1. The predicted molar refractivity (Wildman–Crippen MR) is 115 cm³/mol. The van der Waals surface area contributed by atoms with Gasteiger partial charge in [-0.05, 0) is 30.2 Å². The summed E-state index contributed by atoms with van der Waals surface area (Å²) >= 11 is 0. The lowest BCUT2D eigenvalue weighted by Gasteiger charge is -2.18. The van der Waals surface area contributed by atoms with Crippen LogP contribution in [0.4, 0.5) is 4.39 Å². The van der Waals surface area contributed by atoms with Crippen molar-refractivity contribution in [2.75, 3.05) is 20.3 Å². The minimum atomic E-state index is -1.06. The van der Waals surface area contributed by atoms with Crippen molar-refractivity contribution in [3.63, 3.8) is 0 Å². The molecule has 32 heavy (non-hydrogen) atoms. The molecular formula is C23H24FN3O5. The molecule has 1 heterocycles. The van der Waals surface area contributed by atoms with Crippen molar-refractivity contribution in [2.45, 2.75) is 19.4 Å². The molecule has 2 N–H and O–H groups in total. The number of aromatic nitrogens is 2. The molecule has 1 atom stereocenters. The standard InChI is InChI=1S/C23H24FN3O5/c1-15-7-3-4-8-16(15)18(14-22(28)29)25-23(30)19-13-21(32-12-11-31-2)27(26-19)20-10-6-5-9-17(20)24/h3-10,13,18H,11-12,14H2,1-2H3,(H,25,30)(H,28,29)/t18-/m0/s1. The Balaban J connectivity index is 1.92. The molecule has 0 saturated carbocycles. The molecule has 3 aromatic rings. The van der Waals surface area contributed by atoms with Gasteiger partial charge < -0.3 is 19.9 Å². The molecular weight excluding hydrogens is 417 g/mol. The average molecular weight is 441 g/mol. The number of amides is 1. The molecule has 8 nitrogen and oxygen atoms in total. The average Bonchev–Trinajstić information content (AvgIpc) is 3.18. The number of aliphatic carboxylic acids is 1. The molecule has 0 fully saturated rings. The SMILES string of the molecule is COCCOc1cc(C(=O)N[C@@H](CC(=O)O)c2ccccc2C)nn1-c1ccccc1F. The topological polar surface area (TPSA) is 103 Å². The molecule has 0 unspecified atom stereocenters. The van der Waals surface area contributed by atoms with E-state index in [1.807, 2.05) is 19.1 Å². The second kappa shape index (κ2) is 10.5. The van der Waals surface area contributed by atoms with Gasteiger partial charge >= 0.3 is 5.97 Å². The highest BCUT2D eigenvalue weighted by Crippen LogP contribution is 2.24. The Morgan fingerprint density at radius 3 is 2.56 bits per heavy atom. The first-order valence-electron chi connectivity index (χ1n) is 9.95. The van der Waals surface area contributed by atoms with E-state index in [4.69, 9.17) is 9.47 Å². The fourth-order valence-electron chi connectivity index (χ4n) is 3.23. The van der Waals surface area contributed by atoms with Crippen molar-refractivity contribution in [2.24, 2.45) is 0 Å². The number of para-hydroxylation sites is 1. The minimum Gasteiger partial charge on any atom is -0.481 e. The van der Waals surface area contributed by atoms with E-state index in [2.05, 4.69) is 10.4 Å². The fourth-order valence-corrected chi connectivity index (χ4v) is 3.23. The summed E-state index contributed by atoms with van der Waals surface area (Å²) < 4.78 is 26.2. The fraction of sp³-hybridized carbons (Fsp3) is 0.261. The summed E-state index contributed by atoms with van der Waals surface area (Å²) in [6, 6.07) is 13.8. The normalized spacial score (nSPS) is 11.7. The molecule has 0 aliphatic rings. The Morgan fingerprint density at radius 2 is 1.88 bits per heavy atom. The first-order valence-corrected chi connectivity index (χ1v) is 9.95. The number of aryl methyl sites for hydroxylation is 1. The number of carboxylic acids is 1. The Kier molecular flexibility index (Phi) is 7.56. The number of carboxylic acid groups (broad SMARTS) is 1. The summed E-state index contributed by atoms with van der Waals surface area (Å²) in [6.45, 7) is 2.30. The molecule has 0 aliphatic heterocycles. The minimum absolute atomic E-state index is 0.0374. The number of nitrogens with zero attached hydrogens (tertiary/aromatic N) is 2. The smallest absolute Gasteiger partial charge is 0.305 e. The second-order valence-corrected chi connectivity index (χ2v) is 7.05. The molecule has 0 saturated heterocycles. The van der Waals surface area contributed by atoms with Crippen molar-refractivity contribution >= 4 is 11.9 Å². The summed E-state index contributed by atoms with van der Waals surface area (Å²) in [5, 5.41) is 16.3. The van der Waals surface area contributed by atoms with E-state index in [0.29, 0.717) is 5.56 Å². The molecule has 9 heteroatoms. The van der Waals surface area contributed by atoms with Crippen LogP contribution in [0.2, 0.25) is 0 Å². The molecule has 2 aromatic carbocycles. The van der Waals surface area contributed by atoms with Crippen LogP contribution in [-0.4, -0.2) is 47.1 Å². The summed E-state index contributed by atoms with van der Waals surface area (Å²) in [5.74, 6) is -2.05. The summed E-state index contributed by atoms with van der Waals surface area (Å²) in [4.78, 5) is 24.4. The Hall–Kier alpha value is -3.72. The number of carbonyl (C=O) groups is 2. The summed E-state index contributed by atoms with van der Waals surface area (Å²) in [6.07, 6.45) is -0.304. The molecule has 168 valence electrons. The molecule has 1 aromatic heterocycles. The lowest BCUT2D eigenvalue weighted by Crippen LogP contribution is -2.31. The first kappa shape index (κ1) is 23.0. The van der Waals surface area contributed by atoms with Gasteiger partial charge in [-0.3, -0.25) is 9.59 Å². The maximum atomic E-state index is 14.4. The van der Waals surface area contributed by atoms with Crippen molar-refractivity contribution in [1.82, 2.24) is 15.1 Å². The van der Waals surface area contributed by atoms with Gasteiger partial charge in [0.25, 0.3) is 5.91 Å². The molecule has 0 radical (unpaired) electrons. The zero-order valence-electron chi connectivity index (χ0n) is 17.7. The number of ether oxygens (including phenoxy) is 2. The predicted octanol–water partition coefficient (Wildman–Crippen LogP) is 3.29. The third-order valence-corrected chi connectivity index (χ3v) is 4.78. The van der Waals surface area contributed by atoms with Gasteiger partial charge in [0.1, 0.15) is 18.1 Å². The first-order chi connectivity index (χ1) is 15.4. The maximum absolute atomic E-state index is 14.4. The summed E-state index contributed by atoms with van der Waals surface area (Å²) in [7, 11) is 1.52. The second-order valence-electron chi connectivity index (χ2n) is 7.05. The number of hydrogen-bond donors (Lipinski definition) is 2. The lowest BCUT2D eigenvalue weighted by atomic mass is 9.98. The van der Waals surface area contributed by atoms with Crippen LogP contribution in [0.15, 0.2) is 54.6 Å². The van der Waals surface area contributed by atoms with Gasteiger partial charge in [0.05, 0.1) is 19.1 Å². The van der Waals surface area contributed by atoms with E-state index in [1.165, 1.54) is 30.0 Å². The monoisotopic (exact) mass is 441 g/mol. The van der Waals surface area contributed by atoms with E-state index in [9.17, 15) is 19.1 Å². The van der Waals surface area contributed by atoms with Crippen molar-refractivity contribution in [1.29, 1.82) is 0 Å². The zero-order valence-corrected chi connectivity index (χ0v) is 17.7. The van der Waals surface area contributed by atoms with Crippen LogP contribution >= 0.6 is 0 Å².